The fourth-order valence-corrected chi connectivity index (χ4v) is 5.34. The highest BCUT2D eigenvalue weighted by Crippen LogP contribution is 2.29. The first kappa shape index (κ1) is 19.6. The molecule has 1 saturated heterocycles. The SMILES string of the molecule is CCc1ccc(CN2CCc3c(C(=O)NC[C@H]4CCN(C)C4)csc3C2)nc1. The Labute approximate surface area is 171 Å². The van der Waals surface area contributed by atoms with Crippen molar-refractivity contribution in [1.29, 1.82) is 0 Å². The molecular weight excluding hydrogens is 368 g/mol. The molecule has 0 unspecified atom stereocenters. The highest BCUT2D eigenvalue weighted by molar-refractivity contribution is 7.10. The van der Waals surface area contributed by atoms with Crippen LogP contribution in [0.5, 0.6) is 0 Å². The summed E-state index contributed by atoms with van der Waals surface area (Å²) in [6.45, 7) is 7.94. The molecule has 0 spiro atoms. The normalized spacial score (nSPS) is 20.3. The largest absolute Gasteiger partial charge is 0.352 e. The Morgan fingerprint density at radius 1 is 1.36 bits per heavy atom. The Hall–Kier alpha value is -1.76. The molecule has 2 aromatic rings. The molecule has 0 bridgehead atoms. The predicted octanol–water partition coefficient (Wildman–Crippen LogP) is 2.95. The summed E-state index contributed by atoms with van der Waals surface area (Å²) >= 11 is 1.73. The van der Waals surface area contributed by atoms with E-state index in [1.54, 1.807) is 11.3 Å². The number of carbonyl (C=O) groups excluding carboxylic acids is 1. The van der Waals surface area contributed by atoms with Gasteiger partial charge in [-0.2, -0.15) is 0 Å². The molecule has 0 aliphatic carbocycles. The van der Waals surface area contributed by atoms with Crippen molar-refractivity contribution in [3.05, 3.63) is 51.0 Å². The van der Waals surface area contributed by atoms with E-state index in [1.807, 2.05) is 6.20 Å². The number of hydrogen-bond acceptors (Lipinski definition) is 5. The second kappa shape index (κ2) is 8.72. The van der Waals surface area contributed by atoms with Crippen molar-refractivity contribution >= 4 is 17.2 Å². The lowest BCUT2D eigenvalue weighted by Crippen LogP contribution is -2.33. The summed E-state index contributed by atoms with van der Waals surface area (Å²) in [4.78, 5) is 23.4. The maximum Gasteiger partial charge on any atom is 0.252 e. The van der Waals surface area contributed by atoms with Gasteiger partial charge in [0.25, 0.3) is 5.91 Å². The third kappa shape index (κ3) is 4.45. The molecular formula is C22H30N4OS. The van der Waals surface area contributed by atoms with Crippen molar-refractivity contribution in [1.82, 2.24) is 20.1 Å². The van der Waals surface area contributed by atoms with Crippen LogP contribution in [0.1, 0.15) is 45.4 Å². The smallest absolute Gasteiger partial charge is 0.252 e. The maximum atomic E-state index is 12.7. The minimum Gasteiger partial charge on any atom is -0.352 e. The molecule has 1 atom stereocenters. The number of pyridine rings is 1. The molecule has 2 aromatic heterocycles. The van der Waals surface area contributed by atoms with E-state index in [0.29, 0.717) is 5.92 Å². The average Bonchev–Trinajstić information content (AvgIpc) is 3.32. The maximum absolute atomic E-state index is 12.7. The van der Waals surface area contributed by atoms with Gasteiger partial charge < -0.3 is 10.2 Å². The van der Waals surface area contributed by atoms with Crippen LogP contribution < -0.4 is 5.32 Å². The van der Waals surface area contributed by atoms with Gasteiger partial charge in [-0.3, -0.25) is 14.7 Å². The van der Waals surface area contributed by atoms with Crippen LogP contribution in [-0.2, 0) is 25.9 Å². The van der Waals surface area contributed by atoms with Gasteiger partial charge in [0.2, 0.25) is 0 Å². The topological polar surface area (TPSA) is 48.5 Å². The van der Waals surface area contributed by atoms with E-state index in [-0.39, 0.29) is 5.91 Å². The summed E-state index contributed by atoms with van der Waals surface area (Å²) in [5.74, 6) is 0.697. The molecule has 0 saturated carbocycles. The molecule has 4 rings (SSSR count). The number of hydrogen-bond donors (Lipinski definition) is 1. The van der Waals surface area contributed by atoms with Gasteiger partial charge in [0.05, 0.1) is 11.3 Å². The Morgan fingerprint density at radius 3 is 2.96 bits per heavy atom. The van der Waals surface area contributed by atoms with Crippen molar-refractivity contribution in [2.75, 3.05) is 33.2 Å². The van der Waals surface area contributed by atoms with Crippen molar-refractivity contribution < 1.29 is 4.79 Å². The van der Waals surface area contributed by atoms with Crippen molar-refractivity contribution in [2.24, 2.45) is 5.92 Å². The van der Waals surface area contributed by atoms with E-state index in [0.717, 1.165) is 63.4 Å². The van der Waals surface area contributed by atoms with E-state index >= 15 is 0 Å². The molecule has 2 aliphatic heterocycles. The second-order valence-corrected chi connectivity index (χ2v) is 9.11. The second-order valence-electron chi connectivity index (χ2n) is 8.15. The summed E-state index contributed by atoms with van der Waals surface area (Å²) in [6.07, 6.45) is 5.14. The molecule has 0 aromatic carbocycles. The van der Waals surface area contributed by atoms with Crippen molar-refractivity contribution in [3.63, 3.8) is 0 Å². The van der Waals surface area contributed by atoms with Crippen LogP contribution in [-0.4, -0.2) is 53.9 Å². The Kier molecular flexibility index (Phi) is 6.09. The van der Waals surface area contributed by atoms with Crippen molar-refractivity contribution in [2.45, 2.75) is 39.3 Å². The molecule has 0 radical (unpaired) electrons. The lowest BCUT2D eigenvalue weighted by molar-refractivity contribution is 0.0946. The van der Waals surface area contributed by atoms with Crippen LogP contribution in [0, 0.1) is 5.92 Å². The number of likely N-dealkylation sites (tertiary alicyclic amines) is 1. The van der Waals surface area contributed by atoms with Crippen LogP contribution in [0.15, 0.2) is 23.7 Å². The first-order valence-electron chi connectivity index (χ1n) is 10.3. The van der Waals surface area contributed by atoms with E-state index in [1.165, 1.54) is 22.4 Å². The number of rotatable bonds is 6. The summed E-state index contributed by atoms with van der Waals surface area (Å²) in [5, 5.41) is 5.23. The highest BCUT2D eigenvalue weighted by Gasteiger charge is 2.25. The van der Waals surface area contributed by atoms with E-state index < -0.39 is 0 Å². The predicted molar refractivity (Wildman–Crippen MR) is 114 cm³/mol. The molecule has 5 nitrogen and oxygen atoms in total. The summed E-state index contributed by atoms with van der Waals surface area (Å²) in [6, 6.07) is 4.31. The van der Waals surface area contributed by atoms with Gasteiger partial charge in [0.15, 0.2) is 0 Å². The fraction of sp³-hybridized carbons (Fsp3) is 0.545. The van der Waals surface area contributed by atoms with E-state index in [4.69, 9.17) is 0 Å². The lowest BCUT2D eigenvalue weighted by atomic mass is 10.0. The number of thiophene rings is 1. The van der Waals surface area contributed by atoms with Crippen LogP contribution >= 0.6 is 11.3 Å². The molecule has 1 fully saturated rings. The van der Waals surface area contributed by atoms with Gasteiger partial charge >= 0.3 is 0 Å². The Bertz CT molecular complexity index is 816. The third-order valence-electron chi connectivity index (χ3n) is 5.99. The summed E-state index contributed by atoms with van der Waals surface area (Å²) < 4.78 is 0. The monoisotopic (exact) mass is 398 g/mol. The van der Waals surface area contributed by atoms with Gasteiger partial charge in [-0.15, -0.1) is 11.3 Å². The molecule has 6 heteroatoms. The number of nitrogens with one attached hydrogen (secondary N) is 1. The summed E-state index contributed by atoms with van der Waals surface area (Å²) in [5.41, 5.74) is 4.56. The first-order chi connectivity index (χ1) is 13.6. The molecule has 4 heterocycles. The number of nitrogens with zero attached hydrogens (tertiary/aromatic N) is 3. The Balaban J connectivity index is 1.34. The molecule has 2 aliphatic rings. The van der Waals surface area contributed by atoms with Crippen LogP contribution in [0.3, 0.4) is 0 Å². The van der Waals surface area contributed by atoms with E-state index in [2.05, 4.69) is 51.6 Å². The third-order valence-corrected chi connectivity index (χ3v) is 7.00. The van der Waals surface area contributed by atoms with E-state index in [9.17, 15) is 4.79 Å². The average molecular weight is 399 g/mol. The zero-order valence-electron chi connectivity index (χ0n) is 16.9. The number of aromatic nitrogens is 1. The van der Waals surface area contributed by atoms with Gasteiger partial charge in [0, 0.05) is 49.2 Å². The zero-order chi connectivity index (χ0) is 19.5. The zero-order valence-corrected chi connectivity index (χ0v) is 17.7. The Morgan fingerprint density at radius 2 is 2.25 bits per heavy atom. The minimum absolute atomic E-state index is 0.109. The minimum atomic E-state index is 0.109. The van der Waals surface area contributed by atoms with Crippen LogP contribution in [0.25, 0.3) is 0 Å². The molecule has 150 valence electrons. The number of amides is 1. The molecule has 1 amide bonds. The molecule has 28 heavy (non-hydrogen) atoms. The first-order valence-corrected chi connectivity index (χ1v) is 11.2. The fourth-order valence-electron chi connectivity index (χ4n) is 4.22. The van der Waals surface area contributed by atoms with Gasteiger partial charge in [-0.1, -0.05) is 13.0 Å². The lowest BCUT2D eigenvalue weighted by Gasteiger charge is -2.27. The van der Waals surface area contributed by atoms with Gasteiger partial charge in [0.1, 0.15) is 0 Å². The number of fused-ring (bicyclic) bond motifs is 1. The summed E-state index contributed by atoms with van der Waals surface area (Å²) in [7, 11) is 2.15. The molecule has 1 N–H and O–H groups in total. The number of carbonyl (C=O) groups is 1. The number of aryl methyl sites for hydroxylation is 1. The highest BCUT2D eigenvalue weighted by atomic mass is 32.1. The van der Waals surface area contributed by atoms with Gasteiger partial charge in [-0.25, -0.2) is 0 Å². The van der Waals surface area contributed by atoms with Crippen LogP contribution in [0.2, 0.25) is 0 Å². The van der Waals surface area contributed by atoms with Gasteiger partial charge in [-0.05, 0) is 56.0 Å². The standard InChI is InChI=1S/C22H30N4OS/c1-3-16-4-5-18(23-10-16)13-26-9-7-19-20(15-28-21(19)14-26)22(27)24-11-17-6-8-25(2)12-17/h4-5,10,15,17H,3,6-9,11-14H2,1-2H3,(H,24,27)/t17-/m1/s1. The van der Waals surface area contributed by atoms with Crippen LogP contribution in [0.4, 0.5) is 0 Å². The van der Waals surface area contributed by atoms with Crippen molar-refractivity contribution in [3.8, 4) is 0 Å². The quantitative estimate of drug-likeness (QED) is 0.813.